The van der Waals surface area contributed by atoms with Crippen molar-refractivity contribution >= 4 is 5.91 Å². The highest BCUT2D eigenvalue weighted by molar-refractivity contribution is 5.80. The maximum Gasteiger partial charge on any atom is 0.227 e. The van der Waals surface area contributed by atoms with E-state index in [2.05, 4.69) is 11.9 Å². The van der Waals surface area contributed by atoms with Crippen LogP contribution in [0.5, 0.6) is 0 Å². The number of carbonyl (C=O) groups excluding carboxylic acids is 1. The average Bonchev–Trinajstić information content (AvgIpc) is 2.89. The molecule has 4 nitrogen and oxygen atoms in total. The topological polar surface area (TPSA) is 52.6 Å². The fourth-order valence-corrected chi connectivity index (χ4v) is 2.90. The molecule has 2 saturated heterocycles. The quantitative estimate of drug-likeness (QED) is 0.653. The molecule has 2 bridgehead atoms. The molecular formula is C12H20N2O2. The van der Waals surface area contributed by atoms with Gasteiger partial charge >= 0.3 is 0 Å². The first-order valence-corrected chi connectivity index (χ1v) is 6.03. The highest BCUT2D eigenvalue weighted by Gasteiger charge is 2.43. The van der Waals surface area contributed by atoms with Gasteiger partial charge in [0.05, 0.1) is 12.5 Å². The Morgan fingerprint density at radius 3 is 2.88 bits per heavy atom. The molecule has 2 rings (SSSR count). The van der Waals surface area contributed by atoms with Crippen molar-refractivity contribution in [2.45, 2.75) is 31.3 Å². The summed E-state index contributed by atoms with van der Waals surface area (Å²) >= 11 is 0. The van der Waals surface area contributed by atoms with E-state index in [9.17, 15) is 4.79 Å². The summed E-state index contributed by atoms with van der Waals surface area (Å²) in [4.78, 5) is 14.0. The molecule has 16 heavy (non-hydrogen) atoms. The molecule has 4 heteroatoms. The lowest BCUT2D eigenvalue weighted by Gasteiger charge is -2.27. The predicted molar refractivity (Wildman–Crippen MR) is 61.9 cm³/mol. The van der Waals surface area contributed by atoms with Crippen molar-refractivity contribution in [2.24, 2.45) is 5.92 Å². The number of aliphatic hydroxyl groups is 1. The van der Waals surface area contributed by atoms with Crippen LogP contribution in [0.3, 0.4) is 0 Å². The number of nitrogens with zero attached hydrogens (tertiary/aromatic N) is 1. The Balaban J connectivity index is 1.96. The zero-order valence-corrected chi connectivity index (χ0v) is 9.56. The van der Waals surface area contributed by atoms with E-state index >= 15 is 0 Å². The van der Waals surface area contributed by atoms with Crippen molar-refractivity contribution < 1.29 is 9.90 Å². The van der Waals surface area contributed by atoms with E-state index in [4.69, 9.17) is 5.11 Å². The number of nitrogens with one attached hydrogen (secondary N) is 1. The minimum Gasteiger partial charge on any atom is -0.395 e. The van der Waals surface area contributed by atoms with Crippen LogP contribution in [0, 0.1) is 5.92 Å². The molecule has 1 amide bonds. The van der Waals surface area contributed by atoms with Gasteiger partial charge in [0.15, 0.2) is 0 Å². The van der Waals surface area contributed by atoms with Gasteiger partial charge in [-0.05, 0) is 19.3 Å². The van der Waals surface area contributed by atoms with E-state index in [-0.39, 0.29) is 18.4 Å². The summed E-state index contributed by atoms with van der Waals surface area (Å²) in [6.45, 7) is 4.62. The molecule has 0 aromatic rings. The molecule has 0 aromatic carbocycles. The molecule has 0 radical (unpaired) electrons. The fraction of sp³-hybridized carbons (Fsp3) is 0.750. The standard InChI is InChI=1S/C12H20N2O2/c1-2-5-14(6-7-15)12(16)10-8-9-3-4-11(10)13-9/h2,9-11,13,15H,1,3-8H2. The monoisotopic (exact) mass is 224 g/mol. The normalized spacial score (nSPS) is 31.7. The Hall–Kier alpha value is -0.870. The molecule has 0 aliphatic carbocycles. The van der Waals surface area contributed by atoms with Gasteiger partial charge in [-0.25, -0.2) is 0 Å². The van der Waals surface area contributed by atoms with Gasteiger partial charge in [0.2, 0.25) is 5.91 Å². The molecule has 2 heterocycles. The third-order valence-electron chi connectivity index (χ3n) is 3.65. The van der Waals surface area contributed by atoms with Gasteiger partial charge < -0.3 is 15.3 Å². The van der Waals surface area contributed by atoms with Crippen LogP contribution in [0.15, 0.2) is 12.7 Å². The van der Waals surface area contributed by atoms with Crippen LogP contribution in [-0.2, 0) is 4.79 Å². The highest BCUT2D eigenvalue weighted by Crippen LogP contribution is 2.34. The maximum atomic E-state index is 12.2. The zero-order chi connectivity index (χ0) is 11.5. The van der Waals surface area contributed by atoms with E-state index < -0.39 is 0 Å². The maximum absolute atomic E-state index is 12.2. The van der Waals surface area contributed by atoms with Gasteiger partial charge in [-0.3, -0.25) is 4.79 Å². The Morgan fingerprint density at radius 1 is 1.56 bits per heavy atom. The second-order valence-corrected chi connectivity index (χ2v) is 4.69. The van der Waals surface area contributed by atoms with E-state index in [0.717, 1.165) is 12.8 Å². The largest absolute Gasteiger partial charge is 0.395 e. The lowest BCUT2D eigenvalue weighted by Crippen LogP contribution is -2.42. The number of rotatable bonds is 5. The van der Waals surface area contributed by atoms with Crippen molar-refractivity contribution in [2.75, 3.05) is 19.7 Å². The molecule has 2 fully saturated rings. The molecular weight excluding hydrogens is 204 g/mol. The second kappa shape index (κ2) is 4.97. The molecule has 2 aliphatic heterocycles. The number of amides is 1. The van der Waals surface area contributed by atoms with Crippen molar-refractivity contribution in [3.63, 3.8) is 0 Å². The van der Waals surface area contributed by atoms with E-state index in [1.165, 1.54) is 6.42 Å². The van der Waals surface area contributed by atoms with Gasteiger partial charge in [-0.15, -0.1) is 6.58 Å². The summed E-state index contributed by atoms with van der Waals surface area (Å²) in [6, 6.07) is 0.905. The van der Waals surface area contributed by atoms with E-state index in [1.807, 2.05) is 0 Å². The Morgan fingerprint density at radius 2 is 2.38 bits per heavy atom. The average molecular weight is 224 g/mol. The van der Waals surface area contributed by atoms with Gasteiger partial charge in [-0.1, -0.05) is 6.08 Å². The van der Waals surface area contributed by atoms with Gasteiger partial charge in [0.25, 0.3) is 0 Å². The van der Waals surface area contributed by atoms with Crippen LogP contribution in [0.1, 0.15) is 19.3 Å². The first-order chi connectivity index (χ1) is 7.76. The van der Waals surface area contributed by atoms with Crippen molar-refractivity contribution in [3.8, 4) is 0 Å². The summed E-state index contributed by atoms with van der Waals surface area (Å²) in [6.07, 6.45) is 4.99. The van der Waals surface area contributed by atoms with Crippen molar-refractivity contribution in [3.05, 3.63) is 12.7 Å². The summed E-state index contributed by atoms with van der Waals surface area (Å²) < 4.78 is 0. The number of hydrogen-bond donors (Lipinski definition) is 2. The summed E-state index contributed by atoms with van der Waals surface area (Å²) in [5.74, 6) is 0.291. The molecule has 90 valence electrons. The fourth-order valence-electron chi connectivity index (χ4n) is 2.90. The molecule has 3 unspecified atom stereocenters. The predicted octanol–water partition coefficient (Wildman–Crippen LogP) is 0.134. The van der Waals surface area contributed by atoms with Crippen LogP contribution in [0.2, 0.25) is 0 Å². The third-order valence-corrected chi connectivity index (χ3v) is 3.65. The van der Waals surface area contributed by atoms with Gasteiger partial charge in [-0.2, -0.15) is 0 Å². The minimum absolute atomic E-state index is 0.0217. The van der Waals surface area contributed by atoms with Crippen LogP contribution in [0.4, 0.5) is 0 Å². The molecule has 0 aromatic heterocycles. The molecule has 2 N–H and O–H groups in total. The summed E-state index contributed by atoms with van der Waals surface area (Å²) in [5.41, 5.74) is 0. The lowest BCUT2D eigenvalue weighted by molar-refractivity contribution is -0.136. The third kappa shape index (κ3) is 2.13. The Bertz CT molecular complexity index is 280. The van der Waals surface area contributed by atoms with Crippen LogP contribution in [-0.4, -0.2) is 47.7 Å². The smallest absolute Gasteiger partial charge is 0.227 e. The van der Waals surface area contributed by atoms with Crippen molar-refractivity contribution in [1.29, 1.82) is 0 Å². The summed E-state index contributed by atoms with van der Waals surface area (Å²) in [5, 5.41) is 12.4. The minimum atomic E-state index is 0.0217. The van der Waals surface area contributed by atoms with Gasteiger partial charge in [0.1, 0.15) is 0 Å². The zero-order valence-electron chi connectivity index (χ0n) is 9.56. The Labute approximate surface area is 96.3 Å². The van der Waals surface area contributed by atoms with Crippen LogP contribution < -0.4 is 5.32 Å². The number of aliphatic hydroxyl groups excluding tert-OH is 1. The second-order valence-electron chi connectivity index (χ2n) is 4.69. The van der Waals surface area contributed by atoms with Crippen LogP contribution in [0.25, 0.3) is 0 Å². The number of carbonyl (C=O) groups is 1. The SMILES string of the molecule is C=CCN(CCO)C(=O)C1CC2CCC1N2. The first-order valence-electron chi connectivity index (χ1n) is 6.03. The van der Waals surface area contributed by atoms with E-state index in [1.54, 1.807) is 11.0 Å². The number of hydrogen-bond acceptors (Lipinski definition) is 3. The molecule has 0 saturated carbocycles. The number of fused-ring (bicyclic) bond motifs is 2. The Kier molecular flexibility index (Phi) is 3.61. The van der Waals surface area contributed by atoms with E-state index in [0.29, 0.717) is 25.2 Å². The lowest BCUT2D eigenvalue weighted by atomic mass is 9.88. The molecule has 3 atom stereocenters. The van der Waals surface area contributed by atoms with Crippen LogP contribution >= 0.6 is 0 Å². The van der Waals surface area contributed by atoms with Gasteiger partial charge in [0, 0.05) is 25.2 Å². The highest BCUT2D eigenvalue weighted by atomic mass is 16.3. The molecule has 0 spiro atoms. The summed E-state index contributed by atoms with van der Waals surface area (Å²) in [7, 11) is 0. The molecule has 2 aliphatic rings. The first kappa shape index (κ1) is 11.6. The van der Waals surface area contributed by atoms with Crippen molar-refractivity contribution in [1.82, 2.24) is 10.2 Å².